The fraction of sp³-hybridized carbons (Fsp3) is 0.632. The Kier molecular flexibility index (Phi) is 7.44. The van der Waals surface area contributed by atoms with Crippen LogP contribution in [0.3, 0.4) is 0 Å². The second-order valence-electron chi connectivity index (χ2n) is 6.79. The van der Waals surface area contributed by atoms with Crippen LogP contribution in [-0.2, 0) is 9.47 Å². The second-order valence-corrected chi connectivity index (χ2v) is 6.79. The summed E-state index contributed by atoms with van der Waals surface area (Å²) in [7, 11) is 0. The first-order valence-electron chi connectivity index (χ1n) is 9.88. The van der Waals surface area contributed by atoms with Crippen LogP contribution in [0.2, 0.25) is 0 Å². The number of carbonyl (C=O) groups is 2. The highest BCUT2D eigenvalue weighted by atomic mass is 16.6. The molecule has 2 fully saturated rings. The van der Waals surface area contributed by atoms with Crippen molar-refractivity contribution >= 4 is 17.7 Å². The number of rotatable bonds is 6. The molecule has 1 aromatic rings. The van der Waals surface area contributed by atoms with Gasteiger partial charge in [-0.25, -0.2) is 4.79 Å². The number of nitrogens with zero attached hydrogens (tertiary/aromatic N) is 4. The van der Waals surface area contributed by atoms with Gasteiger partial charge >= 0.3 is 6.09 Å². The number of morpholine rings is 1. The molecule has 0 unspecified atom stereocenters. The Balaban J connectivity index is 1.47. The molecule has 9 nitrogen and oxygen atoms in total. The number of hydrogen-bond acceptors (Lipinski definition) is 7. The summed E-state index contributed by atoms with van der Waals surface area (Å²) in [5.74, 6) is -0.111. The SMILES string of the molecule is CCOC(=O)N1CCN(C(=O)c2cc(NCCN3CCOCC3)ccn2)CC1. The fourth-order valence-corrected chi connectivity index (χ4v) is 3.31. The van der Waals surface area contributed by atoms with Crippen molar-refractivity contribution in [3.63, 3.8) is 0 Å². The minimum absolute atomic E-state index is 0.111. The van der Waals surface area contributed by atoms with E-state index in [1.165, 1.54) is 0 Å². The van der Waals surface area contributed by atoms with Crippen LogP contribution >= 0.6 is 0 Å². The summed E-state index contributed by atoms with van der Waals surface area (Å²) in [6, 6.07) is 3.66. The van der Waals surface area contributed by atoms with E-state index < -0.39 is 0 Å². The number of nitrogens with one attached hydrogen (secondary N) is 1. The summed E-state index contributed by atoms with van der Waals surface area (Å²) >= 11 is 0. The minimum atomic E-state index is -0.320. The standard InChI is InChI=1S/C19H29N5O4/c1-2-28-19(26)24-9-7-23(8-10-24)18(25)17-15-16(3-4-21-17)20-5-6-22-11-13-27-14-12-22/h3-4,15H,2,5-14H2,1H3,(H,20,21). The van der Waals surface area contributed by atoms with Gasteiger partial charge in [0.05, 0.1) is 19.8 Å². The quantitative estimate of drug-likeness (QED) is 0.765. The molecular formula is C19H29N5O4. The van der Waals surface area contributed by atoms with Gasteiger partial charge in [-0.3, -0.25) is 14.7 Å². The number of aromatic nitrogens is 1. The molecule has 2 amide bonds. The number of anilines is 1. The monoisotopic (exact) mass is 391 g/mol. The van der Waals surface area contributed by atoms with Crippen molar-refractivity contribution in [2.45, 2.75) is 6.92 Å². The van der Waals surface area contributed by atoms with Gasteiger partial charge < -0.3 is 24.6 Å². The van der Waals surface area contributed by atoms with Crippen molar-refractivity contribution < 1.29 is 19.1 Å². The third-order valence-electron chi connectivity index (χ3n) is 4.93. The van der Waals surface area contributed by atoms with Gasteiger partial charge in [-0.05, 0) is 19.1 Å². The molecule has 0 saturated carbocycles. The zero-order valence-corrected chi connectivity index (χ0v) is 16.4. The van der Waals surface area contributed by atoms with Crippen molar-refractivity contribution in [1.29, 1.82) is 0 Å². The van der Waals surface area contributed by atoms with Gasteiger partial charge in [0.2, 0.25) is 0 Å². The van der Waals surface area contributed by atoms with E-state index in [0.717, 1.165) is 45.1 Å². The summed E-state index contributed by atoms with van der Waals surface area (Å²) in [5.41, 5.74) is 1.30. The van der Waals surface area contributed by atoms with Crippen LogP contribution in [0.25, 0.3) is 0 Å². The largest absolute Gasteiger partial charge is 0.450 e. The topological polar surface area (TPSA) is 87.2 Å². The highest BCUT2D eigenvalue weighted by Gasteiger charge is 2.26. The Labute approximate surface area is 165 Å². The predicted octanol–water partition coefficient (Wildman–Crippen LogP) is 0.740. The lowest BCUT2D eigenvalue weighted by molar-refractivity contribution is 0.0398. The van der Waals surface area contributed by atoms with Gasteiger partial charge in [-0.2, -0.15) is 0 Å². The van der Waals surface area contributed by atoms with Gasteiger partial charge in [0, 0.05) is 64.2 Å². The summed E-state index contributed by atoms with van der Waals surface area (Å²) in [6.07, 6.45) is 1.33. The van der Waals surface area contributed by atoms with Gasteiger partial charge in [0.1, 0.15) is 5.69 Å². The third-order valence-corrected chi connectivity index (χ3v) is 4.93. The van der Waals surface area contributed by atoms with Crippen LogP contribution in [0.5, 0.6) is 0 Å². The lowest BCUT2D eigenvalue weighted by atomic mass is 10.2. The Morgan fingerprint density at radius 1 is 1.14 bits per heavy atom. The Hall–Kier alpha value is -2.39. The first-order chi connectivity index (χ1) is 13.7. The molecule has 2 saturated heterocycles. The van der Waals surface area contributed by atoms with Gasteiger partial charge in [-0.1, -0.05) is 0 Å². The van der Waals surface area contributed by atoms with E-state index in [-0.39, 0.29) is 12.0 Å². The summed E-state index contributed by atoms with van der Waals surface area (Å²) in [4.78, 5) is 34.5. The Morgan fingerprint density at radius 3 is 2.57 bits per heavy atom. The number of piperazine rings is 1. The van der Waals surface area contributed by atoms with Crippen molar-refractivity contribution in [3.8, 4) is 0 Å². The molecule has 154 valence electrons. The molecule has 0 radical (unpaired) electrons. The molecule has 3 rings (SSSR count). The number of ether oxygens (including phenoxy) is 2. The summed E-state index contributed by atoms with van der Waals surface area (Å²) in [5, 5.41) is 3.36. The van der Waals surface area contributed by atoms with E-state index in [0.29, 0.717) is 38.5 Å². The molecule has 0 aliphatic carbocycles. The van der Waals surface area contributed by atoms with Crippen LogP contribution in [0.15, 0.2) is 18.3 Å². The first-order valence-corrected chi connectivity index (χ1v) is 9.88. The maximum atomic E-state index is 12.8. The summed E-state index contributed by atoms with van der Waals surface area (Å²) < 4.78 is 10.4. The molecule has 0 aromatic carbocycles. The van der Waals surface area contributed by atoms with Crippen LogP contribution in [0.1, 0.15) is 17.4 Å². The minimum Gasteiger partial charge on any atom is -0.450 e. The maximum Gasteiger partial charge on any atom is 0.409 e. The van der Waals surface area contributed by atoms with E-state index in [1.54, 1.807) is 29.0 Å². The van der Waals surface area contributed by atoms with Crippen molar-refractivity contribution in [3.05, 3.63) is 24.0 Å². The lowest BCUT2D eigenvalue weighted by Crippen LogP contribution is -2.50. The van der Waals surface area contributed by atoms with Gasteiger partial charge in [0.15, 0.2) is 0 Å². The number of hydrogen-bond donors (Lipinski definition) is 1. The van der Waals surface area contributed by atoms with Crippen LogP contribution in [0, 0.1) is 0 Å². The molecule has 2 aliphatic heterocycles. The molecule has 9 heteroatoms. The van der Waals surface area contributed by atoms with E-state index in [1.807, 2.05) is 6.07 Å². The highest BCUT2D eigenvalue weighted by Crippen LogP contribution is 2.12. The maximum absolute atomic E-state index is 12.8. The van der Waals surface area contributed by atoms with Crippen LogP contribution < -0.4 is 5.32 Å². The smallest absolute Gasteiger partial charge is 0.409 e. The van der Waals surface area contributed by atoms with E-state index in [9.17, 15) is 9.59 Å². The molecule has 0 spiro atoms. The zero-order chi connectivity index (χ0) is 19.8. The predicted molar refractivity (Wildman–Crippen MR) is 104 cm³/mol. The van der Waals surface area contributed by atoms with Crippen LogP contribution in [0.4, 0.5) is 10.5 Å². The van der Waals surface area contributed by atoms with Gasteiger partial charge in [0.25, 0.3) is 5.91 Å². The Bertz CT molecular complexity index is 657. The second kappa shape index (κ2) is 10.2. The fourth-order valence-electron chi connectivity index (χ4n) is 3.31. The molecule has 28 heavy (non-hydrogen) atoms. The van der Waals surface area contributed by atoms with E-state index >= 15 is 0 Å². The molecule has 0 atom stereocenters. The van der Waals surface area contributed by atoms with Gasteiger partial charge in [-0.15, -0.1) is 0 Å². The van der Waals surface area contributed by atoms with Crippen LogP contribution in [-0.4, -0.2) is 104 Å². The Morgan fingerprint density at radius 2 is 1.86 bits per heavy atom. The third kappa shape index (κ3) is 5.56. The summed E-state index contributed by atoms with van der Waals surface area (Å²) in [6.45, 7) is 9.28. The lowest BCUT2D eigenvalue weighted by Gasteiger charge is -2.33. The number of amides is 2. The average Bonchev–Trinajstić information content (AvgIpc) is 2.74. The molecular weight excluding hydrogens is 362 g/mol. The highest BCUT2D eigenvalue weighted by molar-refractivity contribution is 5.93. The number of pyridine rings is 1. The molecule has 1 aromatic heterocycles. The number of carbonyl (C=O) groups excluding carboxylic acids is 2. The zero-order valence-electron chi connectivity index (χ0n) is 16.4. The first kappa shape index (κ1) is 20.3. The van der Waals surface area contributed by atoms with Crippen molar-refractivity contribution in [1.82, 2.24) is 19.7 Å². The molecule has 2 aliphatic rings. The molecule has 1 N–H and O–H groups in total. The molecule has 3 heterocycles. The normalized spacial score (nSPS) is 18.0. The van der Waals surface area contributed by atoms with Crippen molar-refractivity contribution in [2.24, 2.45) is 0 Å². The van der Waals surface area contributed by atoms with Crippen molar-refractivity contribution in [2.75, 3.05) is 77.5 Å². The molecule has 0 bridgehead atoms. The van der Waals surface area contributed by atoms with E-state index in [4.69, 9.17) is 9.47 Å². The average molecular weight is 391 g/mol. The van der Waals surface area contributed by atoms with E-state index in [2.05, 4.69) is 15.2 Å².